The number of ether oxygens (including phenoxy) is 7. The first-order valence-corrected chi connectivity index (χ1v) is 14.3. The Labute approximate surface area is 248 Å². The van der Waals surface area contributed by atoms with Crippen LogP contribution < -0.4 is 18.9 Å². The van der Waals surface area contributed by atoms with Crippen molar-refractivity contribution in [3.63, 3.8) is 0 Å². The van der Waals surface area contributed by atoms with E-state index in [2.05, 4.69) is 0 Å². The smallest absolute Gasteiger partial charge is 0.330 e. The summed E-state index contributed by atoms with van der Waals surface area (Å²) >= 11 is 0. The number of unbranched alkanes of at least 4 members (excludes halogenated alkanes) is 2. The quantitative estimate of drug-likeness (QED) is 0.107. The van der Waals surface area contributed by atoms with Crippen LogP contribution >= 0.6 is 0 Å². The minimum atomic E-state index is -0.421. The number of benzene rings is 2. The molecule has 2 aromatic rings. The molecule has 9 heteroatoms. The molecule has 3 rings (SSSR count). The van der Waals surface area contributed by atoms with Crippen molar-refractivity contribution >= 4 is 24.1 Å². The van der Waals surface area contributed by atoms with Crippen LogP contribution in [0.5, 0.6) is 23.0 Å². The maximum atomic E-state index is 12.1. The third kappa shape index (κ3) is 12.3. The van der Waals surface area contributed by atoms with Crippen LogP contribution in [0, 0.1) is 5.92 Å². The first kappa shape index (κ1) is 32.5. The van der Waals surface area contributed by atoms with Gasteiger partial charge in [0, 0.05) is 25.9 Å². The molecule has 0 spiro atoms. The van der Waals surface area contributed by atoms with E-state index in [0.29, 0.717) is 68.2 Å². The van der Waals surface area contributed by atoms with E-state index < -0.39 is 5.97 Å². The van der Waals surface area contributed by atoms with Crippen molar-refractivity contribution in [1.82, 2.24) is 0 Å². The summed E-state index contributed by atoms with van der Waals surface area (Å²) in [5, 5.41) is 0. The summed E-state index contributed by atoms with van der Waals surface area (Å²) in [5.41, 5.74) is 1.60. The molecule has 0 bridgehead atoms. The Morgan fingerprint density at radius 3 is 1.67 bits per heavy atom. The highest BCUT2D eigenvalue weighted by Crippen LogP contribution is 2.30. The summed E-state index contributed by atoms with van der Waals surface area (Å²) in [6.45, 7) is 2.49. The molecule has 0 amide bonds. The zero-order chi connectivity index (χ0) is 30.0. The molecule has 0 atom stereocenters. The van der Waals surface area contributed by atoms with Crippen LogP contribution in [0.25, 0.3) is 12.2 Å². The largest absolute Gasteiger partial charge is 0.493 e. The lowest BCUT2D eigenvalue weighted by atomic mass is 10.2. The summed E-state index contributed by atoms with van der Waals surface area (Å²) in [7, 11) is 4.83. The summed E-state index contributed by atoms with van der Waals surface area (Å²) in [6.07, 6.45) is 11.6. The molecule has 0 unspecified atom stereocenters. The molecule has 0 heterocycles. The van der Waals surface area contributed by atoms with Crippen molar-refractivity contribution < 1.29 is 42.7 Å². The molecule has 0 N–H and O–H groups in total. The summed E-state index contributed by atoms with van der Waals surface area (Å²) < 4.78 is 38.0. The minimum Gasteiger partial charge on any atom is -0.493 e. The van der Waals surface area contributed by atoms with Crippen LogP contribution in [0.3, 0.4) is 0 Å². The van der Waals surface area contributed by atoms with Gasteiger partial charge in [-0.2, -0.15) is 0 Å². The summed E-state index contributed by atoms with van der Waals surface area (Å²) in [6, 6.07) is 10.9. The molecular weight excluding hydrogens is 540 g/mol. The summed E-state index contributed by atoms with van der Waals surface area (Å²) in [4.78, 5) is 24.0. The Morgan fingerprint density at radius 1 is 0.667 bits per heavy atom. The fraction of sp³-hybridized carbons (Fsp3) is 0.455. The minimum absolute atomic E-state index is 0.281. The van der Waals surface area contributed by atoms with Gasteiger partial charge in [0.05, 0.1) is 40.6 Å². The summed E-state index contributed by atoms with van der Waals surface area (Å²) in [5.74, 6) is 2.19. The van der Waals surface area contributed by atoms with E-state index in [4.69, 9.17) is 33.2 Å². The molecular formula is C33H42O9. The zero-order valence-electron chi connectivity index (χ0n) is 24.8. The number of rotatable bonds is 20. The van der Waals surface area contributed by atoms with E-state index in [1.807, 2.05) is 24.3 Å². The van der Waals surface area contributed by atoms with E-state index in [-0.39, 0.29) is 12.6 Å². The number of hydrogen-bond donors (Lipinski definition) is 0. The molecule has 1 fully saturated rings. The van der Waals surface area contributed by atoms with Crippen LogP contribution in [-0.2, 0) is 23.8 Å². The Bertz CT molecular complexity index is 1180. The normalized spacial score (nSPS) is 12.8. The highest BCUT2D eigenvalue weighted by molar-refractivity contribution is 5.87. The Kier molecular flexibility index (Phi) is 14.3. The molecule has 1 aliphatic carbocycles. The average molecular weight is 583 g/mol. The predicted octanol–water partition coefficient (Wildman–Crippen LogP) is 5.89. The molecule has 2 aromatic carbocycles. The van der Waals surface area contributed by atoms with Crippen molar-refractivity contribution in [2.75, 3.05) is 54.4 Å². The van der Waals surface area contributed by atoms with Gasteiger partial charge in [-0.3, -0.25) is 0 Å². The predicted molar refractivity (Wildman–Crippen MR) is 160 cm³/mol. The maximum absolute atomic E-state index is 12.1. The van der Waals surface area contributed by atoms with Crippen LogP contribution in [0.4, 0.5) is 0 Å². The second kappa shape index (κ2) is 18.5. The van der Waals surface area contributed by atoms with Gasteiger partial charge in [0.1, 0.15) is 0 Å². The van der Waals surface area contributed by atoms with E-state index in [0.717, 1.165) is 36.8 Å². The Balaban J connectivity index is 1.33. The van der Waals surface area contributed by atoms with Crippen molar-refractivity contribution in [2.45, 2.75) is 38.5 Å². The van der Waals surface area contributed by atoms with Gasteiger partial charge in [-0.15, -0.1) is 0 Å². The van der Waals surface area contributed by atoms with Gasteiger partial charge in [-0.1, -0.05) is 12.1 Å². The van der Waals surface area contributed by atoms with Crippen LogP contribution in [0.1, 0.15) is 49.7 Å². The SMILES string of the molecule is COCCCCOc1ccc(/C=C/C(=O)OCCCCOc2ccc(/C=C/C(=O)OCC3CC3)cc2OC)cc1OC. The molecule has 1 saturated carbocycles. The van der Waals surface area contributed by atoms with Crippen LogP contribution in [0.15, 0.2) is 48.6 Å². The van der Waals surface area contributed by atoms with Gasteiger partial charge >= 0.3 is 11.9 Å². The molecule has 9 nitrogen and oxygen atoms in total. The second-order valence-corrected chi connectivity index (χ2v) is 9.83. The molecule has 1 aliphatic rings. The highest BCUT2D eigenvalue weighted by atomic mass is 16.5. The lowest BCUT2D eigenvalue weighted by molar-refractivity contribution is -0.138. The van der Waals surface area contributed by atoms with Gasteiger partial charge in [-0.25, -0.2) is 9.59 Å². The fourth-order valence-corrected chi connectivity index (χ4v) is 3.81. The molecule has 0 saturated heterocycles. The highest BCUT2D eigenvalue weighted by Gasteiger charge is 2.22. The third-order valence-electron chi connectivity index (χ3n) is 6.40. The van der Waals surface area contributed by atoms with Gasteiger partial charge in [-0.05, 0) is 92.0 Å². The molecule has 42 heavy (non-hydrogen) atoms. The molecule has 0 radical (unpaired) electrons. The van der Waals surface area contributed by atoms with Crippen LogP contribution in [0.2, 0.25) is 0 Å². The van der Waals surface area contributed by atoms with Gasteiger partial charge < -0.3 is 33.2 Å². The third-order valence-corrected chi connectivity index (χ3v) is 6.40. The van der Waals surface area contributed by atoms with Gasteiger partial charge in [0.15, 0.2) is 23.0 Å². The zero-order valence-corrected chi connectivity index (χ0v) is 24.8. The number of methoxy groups -OCH3 is 3. The van der Waals surface area contributed by atoms with E-state index in [1.54, 1.807) is 45.6 Å². The first-order chi connectivity index (χ1) is 20.5. The second-order valence-electron chi connectivity index (χ2n) is 9.83. The van der Waals surface area contributed by atoms with Crippen LogP contribution in [-0.4, -0.2) is 66.3 Å². The molecule has 0 aliphatic heterocycles. The molecule has 228 valence electrons. The number of esters is 2. The van der Waals surface area contributed by atoms with E-state index >= 15 is 0 Å². The fourth-order valence-electron chi connectivity index (χ4n) is 3.81. The number of hydrogen-bond acceptors (Lipinski definition) is 9. The lowest BCUT2D eigenvalue weighted by Crippen LogP contribution is -2.05. The van der Waals surface area contributed by atoms with Crippen molar-refractivity contribution in [2.24, 2.45) is 5.92 Å². The number of carbonyl (C=O) groups is 2. The monoisotopic (exact) mass is 582 g/mol. The van der Waals surface area contributed by atoms with Crippen molar-refractivity contribution in [3.8, 4) is 23.0 Å². The Morgan fingerprint density at radius 2 is 1.17 bits per heavy atom. The lowest BCUT2D eigenvalue weighted by Gasteiger charge is -2.11. The van der Waals surface area contributed by atoms with E-state index in [1.165, 1.54) is 12.2 Å². The number of carbonyl (C=O) groups excluding carboxylic acids is 2. The van der Waals surface area contributed by atoms with Crippen molar-refractivity contribution in [3.05, 3.63) is 59.7 Å². The maximum Gasteiger partial charge on any atom is 0.330 e. The molecule has 0 aromatic heterocycles. The van der Waals surface area contributed by atoms with Gasteiger partial charge in [0.25, 0.3) is 0 Å². The van der Waals surface area contributed by atoms with Crippen molar-refractivity contribution in [1.29, 1.82) is 0 Å². The average Bonchev–Trinajstić information content (AvgIpc) is 3.84. The topological polar surface area (TPSA) is 98.8 Å². The first-order valence-electron chi connectivity index (χ1n) is 14.3. The Hall–Kier alpha value is -3.98. The standard InChI is InChI=1S/C33H42O9/c1-36-18-4-5-19-39-28-14-10-25(22-30(28)37-2)12-16-32(34)41-21-7-6-20-40-29-15-11-26(23-31(29)38-3)13-17-33(35)42-24-27-8-9-27/h10-17,22-23,27H,4-9,18-21,24H2,1-3H3/b16-12+,17-13+. The van der Waals surface area contributed by atoms with E-state index in [9.17, 15) is 9.59 Å². The van der Waals surface area contributed by atoms with Gasteiger partial charge in [0.2, 0.25) is 0 Å².